The minimum absolute atomic E-state index is 0.122. The zero-order valence-corrected chi connectivity index (χ0v) is 17.9. The van der Waals surface area contributed by atoms with E-state index in [1.165, 1.54) is 7.11 Å². The van der Waals surface area contributed by atoms with E-state index < -0.39 is 24.1 Å². The lowest BCUT2D eigenvalue weighted by atomic mass is 9.82. The predicted octanol–water partition coefficient (Wildman–Crippen LogP) is 4.17. The van der Waals surface area contributed by atoms with Crippen LogP contribution < -0.4 is 0 Å². The Bertz CT molecular complexity index is 1240. The first-order valence-electron chi connectivity index (χ1n) is 10.6. The molecule has 0 aliphatic carbocycles. The molecule has 164 valence electrons. The topological polar surface area (TPSA) is 81.0 Å². The average Bonchev–Trinajstić information content (AvgIpc) is 3.11. The Morgan fingerprint density at radius 1 is 1.03 bits per heavy atom. The van der Waals surface area contributed by atoms with Crippen LogP contribution in [0.1, 0.15) is 29.3 Å². The number of aryl methyl sites for hydroxylation is 1. The largest absolute Gasteiger partial charge is 0.510 e. The first kappa shape index (κ1) is 20.2. The van der Waals surface area contributed by atoms with Gasteiger partial charge in [-0.1, -0.05) is 48.5 Å². The molecule has 0 unspecified atom stereocenters. The molecule has 1 N–H and O–H groups in total. The molecular formula is C25H24N2O5. The Hall–Kier alpha value is -3.74. The zero-order valence-electron chi connectivity index (χ0n) is 17.9. The van der Waals surface area contributed by atoms with Crippen molar-refractivity contribution >= 4 is 23.0 Å². The number of hydrogen-bond acceptors (Lipinski definition) is 5. The van der Waals surface area contributed by atoms with Crippen molar-refractivity contribution in [1.82, 2.24) is 9.47 Å². The summed E-state index contributed by atoms with van der Waals surface area (Å²) in [7, 11) is 3.26. The highest BCUT2D eigenvalue weighted by Crippen LogP contribution is 2.47. The molecule has 3 aromatic rings. The van der Waals surface area contributed by atoms with Gasteiger partial charge in [-0.25, -0.2) is 9.59 Å². The summed E-state index contributed by atoms with van der Waals surface area (Å²) in [5.41, 5.74) is 4.17. The Balaban J connectivity index is 1.57. The first-order chi connectivity index (χ1) is 15.5. The number of carbonyl (C=O) groups excluding carboxylic acids is 2. The second-order valence-electron chi connectivity index (χ2n) is 8.18. The maximum Gasteiger partial charge on any atom is 0.411 e. The van der Waals surface area contributed by atoms with Gasteiger partial charge in [0.1, 0.15) is 12.4 Å². The number of nitrogens with zero attached hydrogens (tertiary/aromatic N) is 2. The summed E-state index contributed by atoms with van der Waals surface area (Å²) in [4.78, 5) is 27.2. The van der Waals surface area contributed by atoms with Crippen molar-refractivity contribution in [2.24, 2.45) is 7.05 Å². The molecule has 2 aliphatic heterocycles. The third-order valence-electron chi connectivity index (χ3n) is 6.52. The van der Waals surface area contributed by atoms with Gasteiger partial charge < -0.3 is 19.1 Å². The highest BCUT2D eigenvalue weighted by Gasteiger charge is 2.48. The number of amides is 1. The van der Waals surface area contributed by atoms with Crippen molar-refractivity contribution in [3.05, 3.63) is 82.8 Å². The fourth-order valence-electron chi connectivity index (χ4n) is 5.05. The van der Waals surface area contributed by atoms with Gasteiger partial charge in [-0.2, -0.15) is 0 Å². The van der Waals surface area contributed by atoms with E-state index in [2.05, 4.69) is 10.6 Å². The average molecular weight is 432 g/mol. The molecule has 32 heavy (non-hydrogen) atoms. The molecular weight excluding hydrogens is 408 g/mol. The molecule has 5 rings (SSSR count). The molecule has 2 aromatic carbocycles. The molecule has 2 aliphatic rings. The van der Waals surface area contributed by atoms with E-state index in [9.17, 15) is 14.7 Å². The first-order valence-corrected chi connectivity index (χ1v) is 10.6. The van der Waals surface area contributed by atoms with Crippen molar-refractivity contribution in [3.63, 3.8) is 0 Å². The fourth-order valence-corrected chi connectivity index (χ4v) is 5.05. The molecule has 0 saturated carbocycles. The zero-order chi connectivity index (χ0) is 22.4. The van der Waals surface area contributed by atoms with E-state index >= 15 is 0 Å². The molecule has 1 amide bonds. The molecule has 7 nitrogen and oxygen atoms in total. The molecule has 0 saturated heterocycles. The van der Waals surface area contributed by atoms with Crippen LogP contribution in [0.3, 0.4) is 0 Å². The Morgan fingerprint density at radius 3 is 2.50 bits per heavy atom. The second kappa shape index (κ2) is 7.75. The van der Waals surface area contributed by atoms with Gasteiger partial charge in [0.05, 0.1) is 24.8 Å². The van der Waals surface area contributed by atoms with Gasteiger partial charge >= 0.3 is 12.1 Å². The second-order valence-corrected chi connectivity index (χ2v) is 8.18. The fraction of sp³-hybridized carbons (Fsp3) is 0.280. The summed E-state index contributed by atoms with van der Waals surface area (Å²) < 4.78 is 12.6. The lowest BCUT2D eigenvalue weighted by Crippen LogP contribution is -2.52. The third kappa shape index (κ3) is 3.04. The minimum atomic E-state index is -0.690. The maximum absolute atomic E-state index is 13.3. The normalized spacial score (nSPS) is 19.6. The van der Waals surface area contributed by atoms with Crippen LogP contribution >= 0.6 is 0 Å². The van der Waals surface area contributed by atoms with Crippen molar-refractivity contribution in [2.45, 2.75) is 31.5 Å². The number of aliphatic hydroxyl groups excluding tert-OH is 1. The predicted molar refractivity (Wildman–Crippen MR) is 118 cm³/mol. The van der Waals surface area contributed by atoms with Gasteiger partial charge in [-0.15, -0.1) is 0 Å². The summed E-state index contributed by atoms with van der Waals surface area (Å²) in [5, 5.41) is 12.1. The van der Waals surface area contributed by atoms with Gasteiger partial charge in [-0.3, -0.25) is 4.90 Å². The van der Waals surface area contributed by atoms with Gasteiger partial charge in [-0.05, 0) is 17.2 Å². The highest BCUT2D eigenvalue weighted by molar-refractivity contribution is 5.91. The number of methoxy groups -OCH3 is 1. The quantitative estimate of drug-likeness (QED) is 0.629. The van der Waals surface area contributed by atoms with Gasteiger partial charge in [0.15, 0.2) is 0 Å². The number of esters is 1. The van der Waals surface area contributed by atoms with Crippen molar-refractivity contribution in [1.29, 1.82) is 0 Å². The third-order valence-corrected chi connectivity index (χ3v) is 6.52. The summed E-state index contributed by atoms with van der Waals surface area (Å²) in [6, 6.07) is 16.3. The van der Waals surface area contributed by atoms with Gasteiger partial charge in [0.25, 0.3) is 0 Å². The number of rotatable bonds is 3. The van der Waals surface area contributed by atoms with Crippen LogP contribution in [0.15, 0.2) is 65.9 Å². The number of aliphatic hydroxyl groups is 1. The van der Waals surface area contributed by atoms with Crippen LogP contribution in [-0.4, -0.2) is 39.8 Å². The molecule has 1 aromatic heterocycles. The number of ether oxygens (including phenoxy) is 2. The Morgan fingerprint density at radius 2 is 1.75 bits per heavy atom. The molecule has 3 heterocycles. The van der Waals surface area contributed by atoms with Crippen molar-refractivity contribution < 1.29 is 24.2 Å². The SMILES string of the molecule is COC(=O)C1=C(O)[C@H]2Cc3c(n(C)c4ccccc34)[C@@H](C1)N2C(=O)OCc1ccccc1. The van der Waals surface area contributed by atoms with Crippen LogP contribution in [0.2, 0.25) is 0 Å². The number of benzene rings is 2. The molecule has 0 fully saturated rings. The van der Waals surface area contributed by atoms with E-state index in [0.29, 0.717) is 6.42 Å². The maximum atomic E-state index is 13.3. The van der Waals surface area contributed by atoms with E-state index in [4.69, 9.17) is 9.47 Å². The Labute approximate surface area is 185 Å². The molecule has 0 spiro atoms. The minimum Gasteiger partial charge on any atom is -0.510 e. The number of aromatic nitrogens is 1. The number of hydrogen-bond donors (Lipinski definition) is 1. The number of fused-ring (bicyclic) bond motifs is 6. The number of para-hydroxylation sites is 1. The van der Waals surface area contributed by atoms with Crippen molar-refractivity contribution in [2.75, 3.05) is 7.11 Å². The molecule has 0 radical (unpaired) electrons. The lowest BCUT2D eigenvalue weighted by Gasteiger charge is -2.45. The van der Waals surface area contributed by atoms with Crippen LogP contribution in [0, 0.1) is 0 Å². The molecule has 7 heteroatoms. The van der Waals surface area contributed by atoms with Crippen LogP contribution in [0.4, 0.5) is 4.79 Å². The highest BCUT2D eigenvalue weighted by atomic mass is 16.6. The van der Waals surface area contributed by atoms with Gasteiger partial charge in [0, 0.05) is 36.5 Å². The van der Waals surface area contributed by atoms with Crippen molar-refractivity contribution in [3.8, 4) is 0 Å². The smallest absolute Gasteiger partial charge is 0.411 e. The summed E-state index contributed by atoms with van der Waals surface area (Å²) in [6.45, 7) is 0.131. The number of carbonyl (C=O) groups is 2. The van der Waals surface area contributed by atoms with E-state index in [1.807, 2.05) is 55.6 Å². The standard InChI is InChI=1S/C25H24N2O5/c1-26-19-11-7-6-10-16(19)17-12-21-23(28)18(24(29)31-2)13-20(22(17)26)27(21)25(30)32-14-15-8-4-3-5-9-15/h3-11,20-21,28H,12-14H2,1-2H3/t20-,21-/m1/s1. The van der Waals surface area contributed by atoms with Gasteiger partial charge in [0.2, 0.25) is 0 Å². The van der Waals surface area contributed by atoms with E-state index in [1.54, 1.807) is 4.90 Å². The summed E-state index contributed by atoms with van der Waals surface area (Å²) in [5.74, 6) is -0.694. The monoisotopic (exact) mass is 432 g/mol. The lowest BCUT2D eigenvalue weighted by molar-refractivity contribution is -0.137. The molecule has 2 bridgehead atoms. The van der Waals surface area contributed by atoms with Crippen LogP contribution in [-0.2, 0) is 34.3 Å². The summed E-state index contributed by atoms with van der Waals surface area (Å²) in [6.07, 6.45) is 0.0299. The van der Waals surface area contributed by atoms with E-state index in [-0.39, 0.29) is 24.4 Å². The van der Waals surface area contributed by atoms with Crippen LogP contribution in [0.5, 0.6) is 0 Å². The summed E-state index contributed by atoms with van der Waals surface area (Å²) >= 11 is 0. The van der Waals surface area contributed by atoms with E-state index in [0.717, 1.165) is 27.7 Å². The van der Waals surface area contributed by atoms with Crippen LogP contribution in [0.25, 0.3) is 10.9 Å². The Kier molecular flexibility index (Phi) is 4.89. The molecule has 2 atom stereocenters.